The SMILES string of the molecule is COc1cc2ncnc(Oc3ccc(NC(=O)OC(C)c4ccc(C)cc4)cc3)c2cc1OC. The standard InChI is InChI=1S/C26H25N3O5/c1-16-5-7-18(8-6-16)17(2)33-26(30)29-19-9-11-20(12-10-19)34-25-21-13-23(31-3)24(32-4)14-22(21)27-15-28-25/h5-15,17H,1-4H3,(H,29,30). The number of rotatable bonds is 7. The summed E-state index contributed by atoms with van der Waals surface area (Å²) in [4.78, 5) is 20.8. The van der Waals surface area contributed by atoms with Gasteiger partial charge in [0.15, 0.2) is 11.5 Å². The summed E-state index contributed by atoms with van der Waals surface area (Å²) in [5, 5.41) is 3.41. The number of aryl methyl sites for hydroxylation is 1. The molecule has 0 fully saturated rings. The van der Waals surface area contributed by atoms with Crippen LogP contribution in [0.5, 0.6) is 23.1 Å². The largest absolute Gasteiger partial charge is 0.493 e. The number of anilines is 1. The summed E-state index contributed by atoms with van der Waals surface area (Å²) < 4.78 is 22.1. The Bertz CT molecular complexity index is 1290. The highest BCUT2D eigenvalue weighted by Crippen LogP contribution is 2.35. The third kappa shape index (κ3) is 5.17. The lowest BCUT2D eigenvalue weighted by Crippen LogP contribution is -2.16. The van der Waals surface area contributed by atoms with E-state index in [1.165, 1.54) is 6.33 Å². The Morgan fingerprint density at radius 3 is 2.26 bits per heavy atom. The van der Waals surface area contributed by atoms with Gasteiger partial charge in [0, 0.05) is 11.8 Å². The zero-order valence-electron chi connectivity index (χ0n) is 19.4. The van der Waals surface area contributed by atoms with Gasteiger partial charge in [-0.1, -0.05) is 29.8 Å². The van der Waals surface area contributed by atoms with E-state index in [-0.39, 0.29) is 6.10 Å². The molecular weight excluding hydrogens is 434 g/mol. The highest BCUT2D eigenvalue weighted by atomic mass is 16.6. The van der Waals surface area contributed by atoms with Crippen LogP contribution < -0.4 is 19.5 Å². The molecule has 0 bridgehead atoms. The second kappa shape index (κ2) is 10.1. The predicted octanol–water partition coefficient (Wildman–Crippen LogP) is 6.06. The number of hydrogen-bond donors (Lipinski definition) is 1. The van der Waals surface area contributed by atoms with E-state index in [0.29, 0.717) is 39.7 Å². The van der Waals surface area contributed by atoms with Crippen molar-refractivity contribution in [1.82, 2.24) is 9.97 Å². The third-order valence-electron chi connectivity index (χ3n) is 5.25. The lowest BCUT2D eigenvalue weighted by molar-refractivity contribution is 0.121. The molecule has 1 atom stereocenters. The van der Waals surface area contributed by atoms with Crippen LogP contribution in [0.15, 0.2) is 67.0 Å². The van der Waals surface area contributed by atoms with Crippen LogP contribution in [0.1, 0.15) is 24.2 Å². The Kier molecular flexibility index (Phi) is 6.77. The quantitative estimate of drug-likeness (QED) is 0.359. The van der Waals surface area contributed by atoms with Crippen molar-refractivity contribution in [1.29, 1.82) is 0 Å². The number of fused-ring (bicyclic) bond motifs is 1. The van der Waals surface area contributed by atoms with Gasteiger partial charge in [0.05, 0.1) is 25.1 Å². The molecule has 8 nitrogen and oxygen atoms in total. The molecule has 0 radical (unpaired) electrons. The number of benzene rings is 3. The highest BCUT2D eigenvalue weighted by Gasteiger charge is 2.14. The van der Waals surface area contributed by atoms with Crippen molar-refractivity contribution in [3.8, 4) is 23.1 Å². The number of nitrogens with zero attached hydrogens (tertiary/aromatic N) is 2. The van der Waals surface area contributed by atoms with Crippen LogP contribution in [0.25, 0.3) is 10.9 Å². The van der Waals surface area contributed by atoms with Crippen molar-refractivity contribution in [2.24, 2.45) is 0 Å². The summed E-state index contributed by atoms with van der Waals surface area (Å²) in [5.74, 6) is 2.03. The van der Waals surface area contributed by atoms with Gasteiger partial charge in [-0.15, -0.1) is 0 Å². The van der Waals surface area contributed by atoms with Crippen molar-refractivity contribution in [3.05, 3.63) is 78.1 Å². The van der Waals surface area contributed by atoms with E-state index in [1.54, 1.807) is 50.6 Å². The molecule has 3 aromatic carbocycles. The molecule has 0 saturated carbocycles. The van der Waals surface area contributed by atoms with Crippen LogP contribution in [0.4, 0.5) is 10.5 Å². The fourth-order valence-corrected chi connectivity index (χ4v) is 3.37. The number of ether oxygens (including phenoxy) is 4. The third-order valence-corrected chi connectivity index (χ3v) is 5.25. The number of carbonyl (C=O) groups is 1. The Morgan fingerprint density at radius 1 is 0.912 bits per heavy atom. The molecule has 34 heavy (non-hydrogen) atoms. The van der Waals surface area contributed by atoms with Crippen LogP contribution in [0, 0.1) is 6.92 Å². The summed E-state index contributed by atoms with van der Waals surface area (Å²) in [6.45, 7) is 3.84. The van der Waals surface area contributed by atoms with Crippen molar-refractivity contribution >= 4 is 22.7 Å². The summed E-state index contributed by atoms with van der Waals surface area (Å²) >= 11 is 0. The van der Waals surface area contributed by atoms with E-state index in [1.807, 2.05) is 38.1 Å². The van der Waals surface area contributed by atoms with Crippen LogP contribution in [-0.2, 0) is 4.74 Å². The molecule has 1 N–H and O–H groups in total. The molecule has 4 aromatic rings. The van der Waals surface area contributed by atoms with Crippen LogP contribution in [-0.4, -0.2) is 30.3 Å². The monoisotopic (exact) mass is 459 g/mol. The second-order valence-corrected chi connectivity index (χ2v) is 7.61. The predicted molar refractivity (Wildman–Crippen MR) is 129 cm³/mol. The maximum Gasteiger partial charge on any atom is 0.412 e. The average Bonchev–Trinajstić information content (AvgIpc) is 2.84. The van der Waals surface area contributed by atoms with E-state index in [0.717, 1.165) is 11.1 Å². The minimum absolute atomic E-state index is 0.370. The van der Waals surface area contributed by atoms with Gasteiger partial charge in [0.25, 0.3) is 0 Å². The zero-order valence-corrected chi connectivity index (χ0v) is 19.4. The molecule has 174 valence electrons. The van der Waals surface area contributed by atoms with Gasteiger partial charge in [-0.2, -0.15) is 0 Å². The molecule has 1 amide bonds. The number of nitrogens with one attached hydrogen (secondary N) is 1. The van der Waals surface area contributed by atoms with E-state index < -0.39 is 6.09 Å². The molecule has 8 heteroatoms. The molecule has 1 unspecified atom stereocenters. The summed E-state index contributed by atoms with van der Waals surface area (Å²) in [5.41, 5.74) is 3.31. The Balaban J connectivity index is 1.43. The molecule has 0 aliphatic rings. The number of amides is 1. The van der Waals surface area contributed by atoms with E-state index >= 15 is 0 Å². The Hall–Kier alpha value is -4.33. The molecular formula is C26H25N3O5. The summed E-state index contributed by atoms with van der Waals surface area (Å²) in [6.07, 6.45) is 0.513. The zero-order chi connectivity index (χ0) is 24.1. The molecule has 4 rings (SSSR count). The minimum Gasteiger partial charge on any atom is -0.493 e. The molecule has 0 saturated heterocycles. The first kappa shape index (κ1) is 22.8. The molecule has 0 aliphatic heterocycles. The lowest BCUT2D eigenvalue weighted by atomic mass is 10.1. The average molecular weight is 460 g/mol. The first-order valence-electron chi connectivity index (χ1n) is 10.7. The number of carbonyl (C=O) groups excluding carboxylic acids is 1. The maximum absolute atomic E-state index is 12.3. The molecule has 1 aromatic heterocycles. The van der Waals surface area contributed by atoms with Crippen molar-refractivity contribution in [3.63, 3.8) is 0 Å². The molecule has 1 heterocycles. The first-order valence-corrected chi connectivity index (χ1v) is 10.7. The molecule has 0 aliphatic carbocycles. The maximum atomic E-state index is 12.3. The fourth-order valence-electron chi connectivity index (χ4n) is 3.37. The normalized spacial score (nSPS) is 11.5. The van der Waals surface area contributed by atoms with Crippen molar-refractivity contribution in [2.45, 2.75) is 20.0 Å². The topological polar surface area (TPSA) is 91.8 Å². The van der Waals surface area contributed by atoms with Crippen LogP contribution in [0.3, 0.4) is 0 Å². The molecule has 0 spiro atoms. The van der Waals surface area contributed by atoms with Gasteiger partial charge in [-0.05, 0) is 49.7 Å². The Labute approximate surface area is 197 Å². The van der Waals surface area contributed by atoms with Crippen molar-refractivity contribution in [2.75, 3.05) is 19.5 Å². The summed E-state index contributed by atoms with van der Waals surface area (Å²) in [7, 11) is 3.13. The minimum atomic E-state index is -0.537. The fraction of sp³-hybridized carbons (Fsp3) is 0.192. The first-order chi connectivity index (χ1) is 16.5. The lowest BCUT2D eigenvalue weighted by Gasteiger charge is -2.15. The highest BCUT2D eigenvalue weighted by molar-refractivity contribution is 5.87. The number of aromatic nitrogens is 2. The van der Waals surface area contributed by atoms with Gasteiger partial charge in [0.2, 0.25) is 5.88 Å². The van der Waals surface area contributed by atoms with Gasteiger partial charge in [-0.25, -0.2) is 14.8 Å². The Morgan fingerprint density at radius 2 is 1.59 bits per heavy atom. The van der Waals surface area contributed by atoms with Crippen LogP contribution >= 0.6 is 0 Å². The van der Waals surface area contributed by atoms with Gasteiger partial charge < -0.3 is 18.9 Å². The summed E-state index contributed by atoms with van der Waals surface area (Å²) in [6, 6.07) is 18.3. The second-order valence-electron chi connectivity index (χ2n) is 7.61. The number of methoxy groups -OCH3 is 2. The smallest absolute Gasteiger partial charge is 0.412 e. The van der Waals surface area contributed by atoms with Crippen molar-refractivity contribution < 1.29 is 23.7 Å². The van der Waals surface area contributed by atoms with Gasteiger partial charge in [-0.3, -0.25) is 5.32 Å². The van der Waals surface area contributed by atoms with E-state index in [9.17, 15) is 4.79 Å². The van der Waals surface area contributed by atoms with E-state index in [2.05, 4.69) is 15.3 Å². The van der Waals surface area contributed by atoms with Gasteiger partial charge >= 0.3 is 6.09 Å². The van der Waals surface area contributed by atoms with Crippen LogP contribution in [0.2, 0.25) is 0 Å². The van der Waals surface area contributed by atoms with E-state index in [4.69, 9.17) is 18.9 Å². The number of hydrogen-bond acceptors (Lipinski definition) is 7. The van der Waals surface area contributed by atoms with Gasteiger partial charge in [0.1, 0.15) is 18.2 Å².